The van der Waals surface area contributed by atoms with Gasteiger partial charge in [-0.25, -0.2) is 0 Å². The maximum absolute atomic E-state index is 9.99. The van der Waals surface area contributed by atoms with Gasteiger partial charge in [-0.15, -0.1) is 24.8 Å². The van der Waals surface area contributed by atoms with Crippen LogP contribution in [0.2, 0.25) is 8.76 Å². The van der Waals surface area contributed by atoms with E-state index in [1.54, 1.807) is 0 Å². The van der Waals surface area contributed by atoms with Gasteiger partial charge in [-0.3, -0.25) is 0 Å². The summed E-state index contributed by atoms with van der Waals surface area (Å²) in [6, 6.07) is 17.6. The van der Waals surface area contributed by atoms with E-state index in [9.17, 15) is 5.11 Å². The van der Waals surface area contributed by atoms with Crippen molar-refractivity contribution >= 4 is 43.8 Å². The zero-order valence-electron chi connectivity index (χ0n) is 15.0. The van der Waals surface area contributed by atoms with E-state index in [0.717, 1.165) is 4.13 Å². The summed E-state index contributed by atoms with van der Waals surface area (Å²) >= 11 is -3.38. The van der Waals surface area contributed by atoms with Gasteiger partial charge in [-0.05, 0) is 0 Å². The Morgan fingerprint density at radius 2 is 1.27 bits per heavy atom. The maximum atomic E-state index is 9.99. The predicted octanol–water partition coefficient (Wildman–Crippen LogP) is 5.06. The molecular formula is C21H26Cl2OSiZr. The van der Waals surface area contributed by atoms with Gasteiger partial charge in [0.15, 0.2) is 0 Å². The number of hydrogen-bond donors (Lipinski definition) is 1. The van der Waals surface area contributed by atoms with E-state index in [2.05, 4.69) is 84.3 Å². The molecule has 2 aromatic rings. The molecule has 138 valence electrons. The Hall–Kier alpha value is -0.440. The van der Waals surface area contributed by atoms with Crippen molar-refractivity contribution in [1.82, 2.24) is 0 Å². The minimum absolute atomic E-state index is 0. The molecule has 1 N–H and O–H groups in total. The second-order valence-corrected chi connectivity index (χ2v) is 36.6. The molecule has 0 amide bonds. The molecule has 0 saturated heterocycles. The van der Waals surface area contributed by atoms with Crippen LogP contribution in [0, 0.1) is 0 Å². The molecule has 2 aromatic carbocycles. The topological polar surface area (TPSA) is 20.2 Å². The van der Waals surface area contributed by atoms with Crippen molar-refractivity contribution in [2.45, 2.75) is 16.0 Å². The molecule has 2 aliphatic rings. The first-order valence-electron chi connectivity index (χ1n) is 8.74. The molecule has 0 heterocycles. The second-order valence-electron chi connectivity index (χ2n) is 7.92. The normalized spacial score (nSPS) is 20.1. The van der Waals surface area contributed by atoms with E-state index >= 15 is 0 Å². The summed E-state index contributed by atoms with van der Waals surface area (Å²) < 4.78 is 4.57. The first-order chi connectivity index (χ1) is 11.5. The van der Waals surface area contributed by atoms with Gasteiger partial charge in [-0.2, -0.15) is 0 Å². The third-order valence-corrected chi connectivity index (χ3v) is 29.3. The molecular weight excluding hydrogens is 458 g/mol. The van der Waals surface area contributed by atoms with E-state index in [4.69, 9.17) is 0 Å². The van der Waals surface area contributed by atoms with Crippen LogP contribution in [0.4, 0.5) is 0 Å². The quantitative estimate of drug-likeness (QED) is 0.602. The molecule has 0 spiro atoms. The first kappa shape index (κ1) is 21.9. The van der Waals surface area contributed by atoms with Crippen LogP contribution in [-0.4, -0.2) is 18.6 Å². The van der Waals surface area contributed by atoms with Gasteiger partial charge in [0, 0.05) is 0 Å². The van der Waals surface area contributed by atoms with Crippen LogP contribution in [0.3, 0.4) is 0 Å². The van der Waals surface area contributed by atoms with Crippen molar-refractivity contribution < 1.29 is 22.5 Å². The Morgan fingerprint density at radius 1 is 0.846 bits per heavy atom. The average Bonchev–Trinajstić information content (AvgIpc) is 3.20. The van der Waals surface area contributed by atoms with Crippen LogP contribution < -0.4 is 0 Å². The number of fused-ring (bicyclic) bond motifs is 2. The Morgan fingerprint density at radius 3 is 1.69 bits per heavy atom. The van der Waals surface area contributed by atoms with Crippen molar-refractivity contribution in [1.29, 1.82) is 0 Å². The molecule has 2 aliphatic carbocycles. The van der Waals surface area contributed by atoms with E-state index in [1.807, 2.05) is 0 Å². The van der Waals surface area contributed by atoms with Crippen LogP contribution in [-0.2, 0) is 17.4 Å². The van der Waals surface area contributed by atoms with Gasteiger partial charge >= 0.3 is 147 Å². The van der Waals surface area contributed by atoms with Gasteiger partial charge in [0.1, 0.15) is 0 Å². The summed E-state index contributed by atoms with van der Waals surface area (Å²) in [5.74, 6) is 0. The summed E-state index contributed by atoms with van der Waals surface area (Å²) in [5, 5.41) is 9.99. The first-order valence-corrected chi connectivity index (χ1v) is 21.7. The molecule has 5 heteroatoms. The van der Waals surface area contributed by atoms with E-state index < -0.39 is 17.4 Å². The molecule has 0 aromatic heterocycles. The fourth-order valence-electron chi connectivity index (χ4n) is 4.83. The molecule has 0 saturated carbocycles. The zero-order valence-corrected chi connectivity index (χ0v) is 20.5. The number of aliphatic hydroxyl groups excluding tert-OH is 1. The summed E-state index contributed by atoms with van der Waals surface area (Å²) in [6.45, 7) is 2.59. The van der Waals surface area contributed by atoms with Crippen LogP contribution in [0.5, 0.6) is 0 Å². The van der Waals surface area contributed by atoms with Gasteiger partial charge in [-0.1, -0.05) is 0 Å². The van der Waals surface area contributed by atoms with E-state index in [0.29, 0.717) is 13.9 Å². The van der Waals surface area contributed by atoms with Gasteiger partial charge in [0.25, 0.3) is 0 Å². The van der Waals surface area contributed by atoms with Crippen molar-refractivity contribution in [2.24, 2.45) is 0 Å². The number of halogens is 2. The number of benzene rings is 2. The SMILES string of the molecule is Cl.Cl.[CH3][Zr](=[SiH2])([CH2]CO)([CH]1C=Cc2ccccc21)[CH]1C=Cc2ccccc21. The number of allylic oxidation sites excluding steroid dienone is 2. The molecule has 2 unspecified atom stereocenters. The molecule has 26 heavy (non-hydrogen) atoms. The van der Waals surface area contributed by atoms with Crippen LogP contribution >= 0.6 is 24.8 Å². The van der Waals surface area contributed by atoms with Crippen LogP contribution in [0.1, 0.15) is 29.5 Å². The summed E-state index contributed by atoms with van der Waals surface area (Å²) in [7, 11) is 0. The van der Waals surface area contributed by atoms with E-state index in [-0.39, 0.29) is 24.8 Å². The van der Waals surface area contributed by atoms with Crippen molar-refractivity contribution in [3.63, 3.8) is 0 Å². The summed E-state index contributed by atoms with van der Waals surface area (Å²) in [6.07, 6.45) is 9.47. The Kier molecular flexibility index (Phi) is 6.63. The molecule has 0 bridgehead atoms. The fourth-order valence-corrected chi connectivity index (χ4v) is 23.2. The second kappa shape index (κ2) is 7.89. The molecule has 1 nitrogen and oxygen atoms in total. The Balaban J connectivity index is 0.00000121. The van der Waals surface area contributed by atoms with Crippen molar-refractivity contribution in [2.75, 3.05) is 6.61 Å². The van der Waals surface area contributed by atoms with Crippen LogP contribution in [0.25, 0.3) is 12.2 Å². The van der Waals surface area contributed by atoms with Gasteiger partial charge in [0.2, 0.25) is 0 Å². The number of rotatable bonds is 4. The molecule has 2 atom stereocenters. The number of aliphatic hydroxyl groups is 1. The van der Waals surface area contributed by atoms with Crippen molar-refractivity contribution in [3.8, 4) is 0 Å². The third-order valence-electron chi connectivity index (χ3n) is 6.29. The average molecular weight is 485 g/mol. The molecule has 0 aliphatic heterocycles. The Labute approximate surface area is 170 Å². The standard InChI is InChI=1S/2C9H7.C2H5O.CH3.2ClH.H2Si.Zr/c2*1-2-5-9-7-3-6-8(9)4-1;1-2-3;;;;;/h2*1-7H;3H,1-2H2;1H3;2*1H;1H2;. The summed E-state index contributed by atoms with van der Waals surface area (Å²) in [5.41, 5.74) is 5.69. The van der Waals surface area contributed by atoms with E-state index in [1.165, 1.54) is 22.3 Å². The minimum atomic E-state index is -3.38. The third kappa shape index (κ3) is 3.27. The van der Waals surface area contributed by atoms with Gasteiger partial charge in [0.05, 0.1) is 0 Å². The number of hydrogen-bond acceptors (Lipinski definition) is 1. The monoisotopic (exact) mass is 482 g/mol. The molecule has 4 rings (SSSR count). The van der Waals surface area contributed by atoms with Crippen molar-refractivity contribution in [3.05, 3.63) is 82.9 Å². The predicted molar refractivity (Wildman–Crippen MR) is 117 cm³/mol. The summed E-state index contributed by atoms with van der Waals surface area (Å²) in [4.78, 5) is 0. The molecule has 0 radical (unpaired) electrons. The molecule has 0 fully saturated rings. The Bertz CT molecular complexity index is 870. The fraction of sp³-hybridized carbons (Fsp3) is 0.238. The van der Waals surface area contributed by atoms with Crippen LogP contribution in [0.15, 0.2) is 60.7 Å². The zero-order chi connectivity index (χ0) is 16.8. The van der Waals surface area contributed by atoms with Gasteiger partial charge < -0.3 is 0 Å².